The van der Waals surface area contributed by atoms with E-state index in [0.717, 1.165) is 12.8 Å². The molecule has 6 nitrogen and oxygen atoms in total. The van der Waals surface area contributed by atoms with E-state index in [2.05, 4.69) is 15.3 Å². The molecule has 0 bridgehead atoms. The molecule has 6 heteroatoms. The van der Waals surface area contributed by atoms with Gasteiger partial charge in [0.15, 0.2) is 11.5 Å². The average Bonchev–Trinajstić information content (AvgIpc) is 3.13. The highest BCUT2D eigenvalue weighted by Gasteiger charge is 2.42. The van der Waals surface area contributed by atoms with Gasteiger partial charge in [-0.2, -0.15) is 0 Å². The van der Waals surface area contributed by atoms with E-state index in [0.29, 0.717) is 12.5 Å². The zero-order valence-electron chi connectivity index (χ0n) is 9.81. The SMILES string of the molecule is CC(CN)(NC(=O)c1nccnc1N)C1CC1. The van der Waals surface area contributed by atoms with E-state index in [1.165, 1.54) is 12.4 Å². The third-order valence-corrected chi connectivity index (χ3v) is 3.24. The van der Waals surface area contributed by atoms with Crippen LogP contribution in [0.1, 0.15) is 30.3 Å². The van der Waals surface area contributed by atoms with Crippen LogP contribution in [-0.4, -0.2) is 28.0 Å². The van der Waals surface area contributed by atoms with E-state index in [9.17, 15) is 4.79 Å². The summed E-state index contributed by atoms with van der Waals surface area (Å²) in [6.07, 6.45) is 5.10. The number of carbonyl (C=O) groups is 1. The number of anilines is 1. The van der Waals surface area contributed by atoms with E-state index >= 15 is 0 Å². The van der Waals surface area contributed by atoms with Gasteiger partial charge in [-0.05, 0) is 25.7 Å². The van der Waals surface area contributed by atoms with Gasteiger partial charge in [-0.15, -0.1) is 0 Å². The summed E-state index contributed by atoms with van der Waals surface area (Å²) in [6, 6.07) is 0. The fourth-order valence-electron chi connectivity index (χ4n) is 1.88. The topological polar surface area (TPSA) is 107 Å². The molecule has 0 aromatic carbocycles. The first-order chi connectivity index (χ1) is 8.07. The summed E-state index contributed by atoms with van der Waals surface area (Å²) in [5.74, 6) is 0.282. The highest BCUT2D eigenvalue weighted by Crippen LogP contribution is 2.39. The van der Waals surface area contributed by atoms with Crippen LogP contribution in [0.5, 0.6) is 0 Å². The number of aromatic nitrogens is 2. The van der Waals surface area contributed by atoms with Crippen molar-refractivity contribution >= 4 is 11.7 Å². The molecule has 2 rings (SSSR count). The Hall–Kier alpha value is -1.69. The Labute approximate surface area is 99.8 Å². The lowest BCUT2D eigenvalue weighted by atomic mass is 9.96. The summed E-state index contributed by atoms with van der Waals surface area (Å²) in [5, 5.41) is 2.92. The van der Waals surface area contributed by atoms with Gasteiger partial charge < -0.3 is 16.8 Å². The van der Waals surface area contributed by atoms with Gasteiger partial charge in [0.25, 0.3) is 5.91 Å². The molecule has 1 heterocycles. The molecule has 17 heavy (non-hydrogen) atoms. The Morgan fingerprint density at radius 1 is 1.53 bits per heavy atom. The predicted molar refractivity (Wildman–Crippen MR) is 64.1 cm³/mol. The molecule has 92 valence electrons. The molecular formula is C11H17N5O. The molecule has 1 aliphatic carbocycles. The average molecular weight is 235 g/mol. The second kappa shape index (κ2) is 4.29. The third-order valence-electron chi connectivity index (χ3n) is 3.24. The second-order valence-electron chi connectivity index (χ2n) is 4.64. The molecule has 1 amide bonds. The molecule has 1 aliphatic rings. The van der Waals surface area contributed by atoms with Crippen molar-refractivity contribution in [1.29, 1.82) is 0 Å². The number of hydrogen-bond acceptors (Lipinski definition) is 5. The minimum atomic E-state index is -0.374. The second-order valence-corrected chi connectivity index (χ2v) is 4.64. The standard InChI is InChI=1S/C11H17N5O/c1-11(6-12,7-2-3-7)16-10(17)8-9(13)15-5-4-14-8/h4-5,7H,2-3,6,12H2,1H3,(H2,13,15)(H,16,17). The van der Waals surface area contributed by atoms with Gasteiger partial charge in [0, 0.05) is 18.9 Å². The first-order valence-corrected chi connectivity index (χ1v) is 5.66. The summed E-state index contributed by atoms with van der Waals surface area (Å²) >= 11 is 0. The predicted octanol–water partition coefficient (Wildman–Crippen LogP) is -0.0840. The number of nitrogens with zero attached hydrogens (tertiary/aromatic N) is 2. The van der Waals surface area contributed by atoms with Crippen molar-refractivity contribution in [3.05, 3.63) is 18.1 Å². The van der Waals surface area contributed by atoms with Gasteiger partial charge in [0.2, 0.25) is 0 Å². The lowest BCUT2D eigenvalue weighted by Crippen LogP contribution is -2.53. The maximum absolute atomic E-state index is 12.0. The largest absolute Gasteiger partial charge is 0.382 e. The number of nitrogens with one attached hydrogen (secondary N) is 1. The van der Waals surface area contributed by atoms with Crippen LogP contribution in [0.25, 0.3) is 0 Å². The van der Waals surface area contributed by atoms with Crippen LogP contribution in [0.2, 0.25) is 0 Å². The van der Waals surface area contributed by atoms with Gasteiger partial charge in [-0.25, -0.2) is 9.97 Å². The minimum Gasteiger partial charge on any atom is -0.382 e. The number of amides is 1. The van der Waals surface area contributed by atoms with Crippen LogP contribution in [-0.2, 0) is 0 Å². The zero-order chi connectivity index (χ0) is 12.5. The summed E-state index contributed by atoms with van der Waals surface area (Å²) in [5.41, 5.74) is 11.1. The lowest BCUT2D eigenvalue weighted by Gasteiger charge is -2.29. The van der Waals surface area contributed by atoms with Gasteiger partial charge in [0.05, 0.1) is 5.54 Å². The highest BCUT2D eigenvalue weighted by molar-refractivity contribution is 5.96. The number of nitrogens with two attached hydrogens (primary N) is 2. The maximum atomic E-state index is 12.0. The molecule has 1 unspecified atom stereocenters. The van der Waals surface area contributed by atoms with Crippen LogP contribution in [0.3, 0.4) is 0 Å². The van der Waals surface area contributed by atoms with Crippen molar-refractivity contribution in [3.8, 4) is 0 Å². The van der Waals surface area contributed by atoms with Crippen molar-refractivity contribution in [1.82, 2.24) is 15.3 Å². The summed E-state index contributed by atoms with van der Waals surface area (Å²) < 4.78 is 0. The zero-order valence-corrected chi connectivity index (χ0v) is 9.81. The molecule has 5 N–H and O–H groups in total. The molecule has 0 saturated heterocycles. The first-order valence-electron chi connectivity index (χ1n) is 5.66. The van der Waals surface area contributed by atoms with E-state index < -0.39 is 0 Å². The van der Waals surface area contributed by atoms with Crippen LogP contribution in [0.15, 0.2) is 12.4 Å². The minimum absolute atomic E-state index is 0.139. The van der Waals surface area contributed by atoms with Crippen LogP contribution in [0.4, 0.5) is 5.82 Å². The Morgan fingerprint density at radius 3 is 2.71 bits per heavy atom. The van der Waals surface area contributed by atoms with E-state index in [-0.39, 0.29) is 23.0 Å². The van der Waals surface area contributed by atoms with Crippen molar-refractivity contribution in [3.63, 3.8) is 0 Å². The fraction of sp³-hybridized carbons (Fsp3) is 0.545. The lowest BCUT2D eigenvalue weighted by molar-refractivity contribution is 0.0893. The summed E-state index contributed by atoms with van der Waals surface area (Å²) in [6.45, 7) is 2.36. The molecular weight excluding hydrogens is 218 g/mol. The van der Waals surface area contributed by atoms with Gasteiger partial charge in [-0.3, -0.25) is 4.79 Å². The van der Waals surface area contributed by atoms with Crippen molar-refractivity contribution in [2.75, 3.05) is 12.3 Å². The van der Waals surface area contributed by atoms with Crippen molar-refractivity contribution in [2.24, 2.45) is 11.7 Å². The molecule has 1 atom stereocenters. The van der Waals surface area contributed by atoms with Crippen LogP contribution >= 0.6 is 0 Å². The summed E-state index contributed by atoms with van der Waals surface area (Å²) in [7, 11) is 0. The van der Waals surface area contributed by atoms with Crippen LogP contribution in [0, 0.1) is 5.92 Å². The molecule has 0 spiro atoms. The summed E-state index contributed by atoms with van der Waals surface area (Å²) in [4.78, 5) is 19.8. The van der Waals surface area contributed by atoms with E-state index in [4.69, 9.17) is 11.5 Å². The van der Waals surface area contributed by atoms with Crippen molar-refractivity contribution in [2.45, 2.75) is 25.3 Å². The quantitative estimate of drug-likeness (QED) is 0.676. The molecule has 1 saturated carbocycles. The molecule has 0 radical (unpaired) electrons. The number of carbonyl (C=O) groups excluding carboxylic acids is 1. The fourth-order valence-corrected chi connectivity index (χ4v) is 1.88. The molecule has 1 aromatic heterocycles. The molecule has 0 aliphatic heterocycles. The van der Waals surface area contributed by atoms with Crippen LogP contribution < -0.4 is 16.8 Å². The molecule has 1 fully saturated rings. The van der Waals surface area contributed by atoms with E-state index in [1.54, 1.807) is 0 Å². The van der Waals surface area contributed by atoms with Gasteiger partial charge in [-0.1, -0.05) is 0 Å². The number of nitrogen functional groups attached to an aromatic ring is 1. The Kier molecular flexibility index (Phi) is 2.97. The maximum Gasteiger partial charge on any atom is 0.274 e. The van der Waals surface area contributed by atoms with E-state index in [1.807, 2.05) is 6.92 Å². The number of hydrogen-bond donors (Lipinski definition) is 3. The smallest absolute Gasteiger partial charge is 0.274 e. The van der Waals surface area contributed by atoms with Crippen molar-refractivity contribution < 1.29 is 4.79 Å². The van der Waals surface area contributed by atoms with Gasteiger partial charge in [0.1, 0.15) is 0 Å². The number of rotatable bonds is 4. The monoisotopic (exact) mass is 235 g/mol. The Balaban J connectivity index is 2.13. The third kappa shape index (κ3) is 2.36. The normalized spacial score (nSPS) is 18.5. The highest BCUT2D eigenvalue weighted by atomic mass is 16.2. The Bertz CT molecular complexity index is 432. The molecule has 1 aromatic rings. The Morgan fingerprint density at radius 2 is 2.18 bits per heavy atom. The first kappa shape index (κ1) is 11.8. The van der Waals surface area contributed by atoms with Gasteiger partial charge >= 0.3 is 0 Å².